The zero-order chi connectivity index (χ0) is 25.1. The number of nitro groups is 1. The lowest BCUT2D eigenvalue weighted by Gasteiger charge is -2.34. The minimum absolute atomic E-state index is 0.0364. The van der Waals surface area contributed by atoms with Crippen molar-refractivity contribution in [2.45, 2.75) is 6.92 Å². The lowest BCUT2D eigenvalue weighted by atomic mass is 10.1. The molecule has 1 fully saturated rings. The number of amides is 3. The molecule has 1 aromatic heterocycles. The summed E-state index contributed by atoms with van der Waals surface area (Å²) in [6.45, 7) is 2.96. The molecule has 12 heteroatoms. The largest absolute Gasteiger partial charge is 0.351 e. The van der Waals surface area contributed by atoms with Crippen LogP contribution in [0, 0.1) is 17.0 Å². The summed E-state index contributed by atoms with van der Waals surface area (Å²) in [5, 5.41) is 17.2. The first-order chi connectivity index (χ1) is 16.7. The molecule has 2 heterocycles. The van der Waals surface area contributed by atoms with Crippen molar-refractivity contribution in [1.29, 1.82) is 0 Å². The van der Waals surface area contributed by atoms with Gasteiger partial charge in [0, 0.05) is 44.4 Å². The van der Waals surface area contributed by atoms with Crippen LogP contribution in [0.3, 0.4) is 0 Å². The predicted molar refractivity (Wildman–Crippen MR) is 126 cm³/mol. The van der Waals surface area contributed by atoms with E-state index in [0.29, 0.717) is 31.9 Å². The van der Waals surface area contributed by atoms with E-state index in [2.05, 4.69) is 10.5 Å². The summed E-state index contributed by atoms with van der Waals surface area (Å²) in [6.07, 6.45) is 0. The number of hydrogen-bond acceptors (Lipinski definition) is 7. The molecule has 180 valence electrons. The Kier molecular flexibility index (Phi) is 6.78. The van der Waals surface area contributed by atoms with Gasteiger partial charge in [-0.3, -0.25) is 24.5 Å². The van der Waals surface area contributed by atoms with Gasteiger partial charge in [-0.05, 0) is 25.1 Å². The molecule has 11 nitrogen and oxygen atoms in total. The van der Waals surface area contributed by atoms with E-state index in [-0.39, 0.29) is 45.1 Å². The van der Waals surface area contributed by atoms with E-state index in [1.54, 1.807) is 47.1 Å². The van der Waals surface area contributed by atoms with E-state index in [4.69, 9.17) is 16.1 Å². The van der Waals surface area contributed by atoms with Crippen molar-refractivity contribution in [1.82, 2.24) is 15.0 Å². The van der Waals surface area contributed by atoms with Crippen molar-refractivity contribution in [2.75, 3.05) is 31.5 Å². The fraction of sp³-hybridized carbons (Fsp3) is 0.217. The number of rotatable bonds is 5. The smallest absolute Gasteiger partial charge is 0.292 e. The van der Waals surface area contributed by atoms with Gasteiger partial charge < -0.3 is 19.6 Å². The number of non-ortho nitro benzene ring substituents is 1. The highest BCUT2D eigenvalue weighted by Gasteiger charge is 2.28. The van der Waals surface area contributed by atoms with Crippen molar-refractivity contribution in [3.63, 3.8) is 0 Å². The van der Waals surface area contributed by atoms with Crippen LogP contribution in [0.2, 0.25) is 5.02 Å². The highest BCUT2D eigenvalue weighted by molar-refractivity contribution is 6.34. The van der Waals surface area contributed by atoms with E-state index in [9.17, 15) is 24.5 Å². The molecule has 0 unspecified atom stereocenters. The number of nitrogens with zero attached hydrogens (tertiary/aromatic N) is 4. The Hall–Kier alpha value is -4.25. The first-order valence-corrected chi connectivity index (χ1v) is 11.0. The van der Waals surface area contributed by atoms with Gasteiger partial charge in [0.2, 0.25) is 5.76 Å². The molecule has 4 rings (SSSR count). The van der Waals surface area contributed by atoms with Gasteiger partial charge in [0.25, 0.3) is 23.4 Å². The summed E-state index contributed by atoms with van der Waals surface area (Å²) < 4.78 is 5.03. The van der Waals surface area contributed by atoms with Crippen molar-refractivity contribution in [3.8, 4) is 0 Å². The molecule has 35 heavy (non-hydrogen) atoms. The Morgan fingerprint density at radius 3 is 2.26 bits per heavy atom. The monoisotopic (exact) mass is 497 g/mol. The second kappa shape index (κ2) is 9.94. The van der Waals surface area contributed by atoms with Crippen LogP contribution in [0.25, 0.3) is 0 Å². The lowest BCUT2D eigenvalue weighted by molar-refractivity contribution is -0.384. The van der Waals surface area contributed by atoms with E-state index >= 15 is 0 Å². The first kappa shape index (κ1) is 23.9. The molecule has 1 saturated heterocycles. The number of carbonyl (C=O) groups excluding carboxylic acids is 3. The zero-order valence-electron chi connectivity index (χ0n) is 18.6. The second-order valence-corrected chi connectivity index (χ2v) is 8.25. The normalized spacial score (nSPS) is 13.4. The Balaban J connectivity index is 1.44. The number of carbonyl (C=O) groups is 3. The third kappa shape index (κ3) is 5.14. The van der Waals surface area contributed by atoms with Crippen LogP contribution < -0.4 is 5.32 Å². The molecule has 0 bridgehead atoms. The summed E-state index contributed by atoms with van der Waals surface area (Å²) in [5.74, 6) is -1.05. The van der Waals surface area contributed by atoms with Crippen LogP contribution >= 0.6 is 11.6 Å². The third-order valence-corrected chi connectivity index (χ3v) is 5.82. The number of nitro benzene ring substituents is 1. The van der Waals surface area contributed by atoms with E-state index in [1.165, 1.54) is 12.1 Å². The van der Waals surface area contributed by atoms with Crippen LogP contribution in [-0.2, 0) is 0 Å². The molecule has 0 atom stereocenters. The summed E-state index contributed by atoms with van der Waals surface area (Å²) >= 11 is 6.06. The van der Waals surface area contributed by atoms with Crippen molar-refractivity contribution >= 4 is 40.7 Å². The number of aryl methyl sites for hydroxylation is 1. The second-order valence-electron chi connectivity index (χ2n) is 7.84. The van der Waals surface area contributed by atoms with Crippen molar-refractivity contribution < 1.29 is 23.8 Å². The maximum atomic E-state index is 13.2. The van der Waals surface area contributed by atoms with Crippen LogP contribution in [0.15, 0.2) is 53.1 Å². The third-order valence-electron chi connectivity index (χ3n) is 5.51. The molecule has 3 aromatic rings. The Labute approximate surface area is 204 Å². The number of hydrogen-bond donors (Lipinski definition) is 1. The summed E-state index contributed by atoms with van der Waals surface area (Å²) in [6, 6.07) is 11.6. The highest BCUT2D eigenvalue weighted by atomic mass is 35.5. The van der Waals surface area contributed by atoms with Gasteiger partial charge in [-0.15, -0.1) is 0 Å². The molecule has 2 aromatic carbocycles. The summed E-state index contributed by atoms with van der Waals surface area (Å²) in [4.78, 5) is 52.0. The van der Waals surface area contributed by atoms with Gasteiger partial charge in [-0.1, -0.05) is 28.9 Å². The number of para-hydroxylation sites is 1. The van der Waals surface area contributed by atoms with Gasteiger partial charge in [0.1, 0.15) is 0 Å². The van der Waals surface area contributed by atoms with Gasteiger partial charge in [0.05, 0.1) is 32.5 Å². The number of piperazine rings is 1. The molecule has 1 N–H and O–H groups in total. The molecule has 1 aliphatic heterocycles. The Morgan fingerprint density at radius 1 is 1.00 bits per heavy atom. The standard InChI is InChI=1S/C23H20ClN5O6/c1-14-12-20(35-26-14)23(32)28-10-8-27(9-11-28)22(31)17-4-2-3-5-19(17)25-21(30)16-7-6-15(29(33)34)13-18(16)24/h2-7,12-13H,8-11H2,1H3,(H,25,30). The van der Waals surface area contributed by atoms with Crippen molar-refractivity contribution in [3.05, 3.63) is 86.2 Å². The SMILES string of the molecule is Cc1cc(C(=O)N2CCN(C(=O)c3ccccc3NC(=O)c3ccc([N+](=O)[O-])cc3Cl)CC2)on1. The zero-order valence-corrected chi connectivity index (χ0v) is 19.3. The number of benzene rings is 2. The number of nitrogens with one attached hydrogen (secondary N) is 1. The topological polar surface area (TPSA) is 139 Å². The Bertz CT molecular complexity index is 1320. The number of aromatic nitrogens is 1. The molecule has 3 amide bonds. The first-order valence-electron chi connectivity index (χ1n) is 10.6. The highest BCUT2D eigenvalue weighted by Crippen LogP contribution is 2.25. The summed E-state index contributed by atoms with van der Waals surface area (Å²) in [5.41, 5.74) is 0.945. The average Bonchev–Trinajstić information content (AvgIpc) is 3.29. The van der Waals surface area contributed by atoms with Gasteiger partial charge in [-0.25, -0.2) is 0 Å². The molecule has 0 saturated carbocycles. The van der Waals surface area contributed by atoms with Gasteiger partial charge in [0.15, 0.2) is 0 Å². The van der Waals surface area contributed by atoms with Crippen LogP contribution in [0.5, 0.6) is 0 Å². The maximum absolute atomic E-state index is 13.2. The van der Waals surface area contributed by atoms with Crippen molar-refractivity contribution in [2.24, 2.45) is 0 Å². The molecule has 0 aliphatic carbocycles. The van der Waals surface area contributed by atoms with E-state index in [0.717, 1.165) is 6.07 Å². The van der Waals surface area contributed by atoms with Crippen LogP contribution in [-0.4, -0.2) is 63.8 Å². The summed E-state index contributed by atoms with van der Waals surface area (Å²) in [7, 11) is 0. The Morgan fingerprint density at radius 2 is 1.66 bits per heavy atom. The molecule has 1 aliphatic rings. The van der Waals surface area contributed by atoms with Crippen LogP contribution in [0.1, 0.15) is 37.0 Å². The molecular weight excluding hydrogens is 478 g/mol. The lowest BCUT2D eigenvalue weighted by Crippen LogP contribution is -2.50. The van der Waals surface area contributed by atoms with Gasteiger partial charge in [-0.2, -0.15) is 0 Å². The van der Waals surface area contributed by atoms with E-state index < -0.39 is 10.8 Å². The molecule has 0 radical (unpaired) electrons. The fourth-order valence-corrected chi connectivity index (χ4v) is 3.93. The quantitative estimate of drug-likeness (QED) is 0.421. The fourth-order valence-electron chi connectivity index (χ4n) is 3.67. The maximum Gasteiger partial charge on any atom is 0.292 e. The minimum atomic E-state index is -0.610. The van der Waals surface area contributed by atoms with E-state index in [1.807, 2.05) is 0 Å². The number of anilines is 1. The van der Waals surface area contributed by atoms with Gasteiger partial charge >= 0.3 is 0 Å². The predicted octanol–water partition coefficient (Wildman–Crippen LogP) is 3.40. The minimum Gasteiger partial charge on any atom is -0.351 e. The van der Waals surface area contributed by atoms with Crippen LogP contribution in [0.4, 0.5) is 11.4 Å². The average molecular weight is 498 g/mol. The number of halogens is 1. The molecule has 0 spiro atoms. The molecular formula is C23H20ClN5O6.